The second kappa shape index (κ2) is 6.59. The molecule has 6 nitrogen and oxygen atoms in total. The summed E-state index contributed by atoms with van der Waals surface area (Å²) in [6.45, 7) is 3.54. The maximum Gasteiger partial charge on any atom is 0.333 e. The van der Waals surface area contributed by atoms with Gasteiger partial charge in [-0.1, -0.05) is 32.0 Å². The summed E-state index contributed by atoms with van der Waals surface area (Å²) in [5.74, 6) is -1.34. The van der Waals surface area contributed by atoms with Crippen molar-refractivity contribution in [1.29, 1.82) is 0 Å². The predicted octanol–water partition coefficient (Wildman–Crippen LogP) is 2.19. The van der Waals surface area contributed by atoms with Crippen LogP contribution in [0.2, 0.25) is 0 Å². The van der Waals surface area contributed by atoms with E-state index in [-0.39, 0.29) is 6.54 Å². The quantitative estimate of drug-likeness (QED) is 0.780. The normalized spacial score (nSPS) is 24.5. The Balaban J connectivity index is 2.29. The Bertz CT molecular complexity index is 617. The van der Waals surface area contributed by atoms with Gasteiger partial charge in [0.25, 0.3) is 0 Å². The van der Waals surface area contributed by atoms with E-state index in [1.54, 1.807) is 18.2 Å². The Morgan fingerprint density at radius 1 is 1.27 bits per heavy atom. The lowest BCUT2D eigenvalue weighted by molar-refractivity contribution is -0.179. The first kappa shape index (κ1) is 17.3. The van der Waals surface area contributed by atoms with Gasteiger partial charge in [-0.05, 0) is 18.9 Å². The molecule has 0 aromatic heterocycles. The molecule has 0 unspecified atom stereocenters. The first-order valence-electron chi connectivity index (χ1n) is 7.12. The average molecular weight is 333 g/mol. The van der Waals surface area contributed by atoms with Crippen molar-refractivity contribution in [2.75, 3.05) is 6.54 Å². The van der Waals surface area contributed by atoms with Gasteiger partial charge in [0.1, 0.15) is 18.0 Å². The average Bonchev–Trinajstić information content (AvgIpc) is 2.85. The Hall–Kier alpha value is -1.06. The molecule has 2 N–H and O–H groups in total. The summed E-state index contributed by atoms with van der Waals surface area (Å²) in [5, 5.41) is 0. The number of rotatable bonds is 6. The van der Waals surface area contributed by atoms with E-state index >= 15 is 0 Å². The topological polar surface area (TPSA) is 84.9 Å². The van der Waals surface area contributed by atoms with Crippen LogP contribution in [-0.4, -0.2) is 31.4 Å². The molecule has 22 heavy (non-hydrogen) atoms. The van der Waals surface area contributed by atoms with Gasteiger partial charge in [-0.25, -0.2) is 4.39 Å². The second-order valence-electron chi connectivity index (χ2n) is 5.16. The Labute approximate surface area is 129 Å². The molecule has 0 radical (unpaired) electrons. The van der Waals surface area contributed by atoms with Crippen molar-refractivity contribution < 1.29 is 26.8 Å². The summed E-state index contributed by atoms with van der Waals surface area (Å²) in [5.41, 5.74) is 0.299. The van der Waals surface area contributed by atoms with Crippen LogP contribution in [0.15, 0.2) is 24.3 Å². The highest BCUT2D eigenvalue weighted by atomic mass is 32.2. The maximum absolute atomic E-state index is 14.0. The molecular weight excluding hydrogens is 313 g/mol. The minimum Gasteiger partial charge on any atom is -0.342 e. The summed E-state index contributed by atoms with van der Waals surface area (Å²) < 4.78 is 58.3. The molecule has 1 aliphatic heterocycles. The van der Waals surface area contributed by atoms with Crippen LogP contribution in [0.25, 0.3) is 0 Å². The molecule has 1 fully saturated rings. The molecule has 124 valence electrons. The lowest BCUT2D eigenvalue weighted by atomic mass is 10.0. The van der Waals surface area contributed by atoms with E-state index < -0.39 is 34.1 Å². The Kier molecular flexibility index (Phi) is 5.18. The van der Waals surface area contributed by atoms with Gasteiger partial charge < -0.3 is 9.47 Å². The zero-order valence-corrected chi connectivity index (χ0v) is 13.3. The molecule has 0 spiro atoms. The number of halogens is 1. The highest BCUT2D eigenvalue weighted by Crippen LogP contribution is 2.42. The molecule has 1 heterocycles. The molecule has 0 amide bonds. The molecule has 1 aromatic carbocycles. The van der Waals surface area contributed by atoms with Crippen LogP contribution in [0, 0.1) is 5.82 Å². The largest absolute Gasteiger partial charge is 0.342 e. The second-order valence-corrected chi connectivity index (χ2v) is 6.40. The van der Waals surface area contributed by atoms with Gasteiger partial charge in [0.05, 0.1) is 0 Å². The van der Waals surface area contributed by atoms with Crippen LogP contribution in [0.4, 0.5) is 4.39 Å². The van der Waals surface area contributed by atoms with Crippen molar-refractivity contribution in [3.8, 4) is 0 Å². The number of ether oxygens (including phenoxy) is 2. The lowest BCUT2D eigenvalue weighted by Crippen LogP contribution is -2.36. The summed E-state index contributed by atoms with van der Waals surface area (Å²) in [4.78, 5) is 0. The molecule has 1 aliphatic rings. The van der Waals surface area contributed by atoms with E-state index in [4.69, 9.17) is 14.0 Å². The number of nitrogens with one attached hydrogen (secondary N) is 1. The van der Waals surface area contributed by atoms with Crippen molar-refractivity contribution in [2.45, 2.75) is 44.7 Å². The zero-order chi connectivity index (χ0) is 16.4. The monoisotopic (exact) mass is 333 g/mol. The number of hydrogen-bond donors (Lipinski definition) is 2. The van der Waals surface area contributed by atoms with Crippen LogP contribution in [0.5, 0.6) is 0 Å². The molecule has 2 rings (SSSR count). The molecule has 0 aliphatic carbocycles. The molecule has 8 heteroatoms. The predicted molar refractivity (Wildman–Crippen MR) is 78.0 cm³/mol. The number of hydrogen-bond acceptors (Lipinski definition) is 4. The smallest absolute Gasteiger partial charge is 0.333 e. The van der Waals surface area contributed by atoms with Crippen molar-refractivity contribution in [3.63, 3.8) is 0 Å². The van der Waals surface area contributed by atoms with Gasteiger partial charge in [0.2, 0.25) is 0 Å². The zero-order valence-electron chi connectivity index (χ0n) is 12.5. The standard InChI is InChI=1S/C14H20FNO5S/c1-3-14(4-2)20-12(9-16-22(17,18)19)13(21-14)10-7-5-6-8-11(10)15/h5-8,12-13,16H,3-4,9H2,1-2H3,(H,17,18,19)/t12-,13-/m1/s1. The highest BCUT2D eigenvalue weighted by Gasteiger charge is 2.46. The minimum absolute atomic E-state index is 0.209. The van der Waals surface area contributed by atoms with E-state index in [0.29, 0.717) is 18.4 Å². The van der Waals surface area contributed by atoms with Gasteiger partial charge in [0, 0.05) is 12.1 Å². The summed E-state index contributed by atoms with van der Waals surface area (Å²) in [6, 6.07) is 6.12. The SMILES string of the molecule is CCC1(CC)O[C@H](c2ccccc2F)[C@@H](CNS(=O)(=O)O)O1. The van der Waals surface area contributed by atoms with Gasteiger partial charge in [0.15, 0.2) is 5.79 Å². The van der Waals surface area contributed by atoms with E-state index in [1.165, 1.54) is 6.07 Å². The van der Waals surface area contributed by atoms with Gasteiger partial charge in [-0.3, -0.25) is 4.55 Å². The van der Waals surface area contributed by atoms with Crippen LogP contribution >= 0.6 is 0 Å². The van der Waals surface area contributed by atoms with E-state index in [2.05, 4.69) is 0 Å². The Morgan fingerprint density at radius 2 is 1.91 bits per heavy atom. The van der Waals surface area contributed by atoms with Crippen LogP contribution in [-0.2, 0) is 19.8 Å². The Morgan fingerprint density at radius 3 is 2.45 bits per heavy atom. The van der Waals surface area contributed by atoms with E-state index in [1.807, 2.05) is 18.6 Å². The first-order chi connectivity index (χ1) is 10.3. The van der Waals surface area contributed by atoms with E-state index in [0.717, 1.165) is 0 Å². The van der Waals surface area contributed by atoms with E-state index in [9.17, 15) is 12.8 Å². The van der Waals surface area contributed by atoms with Crippen LogP contribution in [0.1, 0.15) is 38.4 Å². The highest BCUT2D eigenvalue weighted by molar-refractivity contribution is 7.83. The molecular formula is C14H20FNO5S. The molecule has 0 saturated carbocycles. The van der Waals surface area contributed by atoms with Gasteiger partial charge in [-0.15, -0.1) is 0 Å². The van der Waals surface area contributed by atoms with Crippen molar-refractivity contribution >= 4 is 10.3 Å². The fourth-order valence-electron chi connectivity index (χ4n) is 2.56. The first-order valence-corrected chi connectivity index (χ1v) is 8.56. The molecule has 0 bridgehead atoms. The molecule has 2 atom stereocenters. The summed E-state index contributed by atoms with van der Waals surface area (Å²) in [7, 11) is -4.36. The van der Waals surface area contributed by atoms with Crippen molar-refractivity contribution in [2.24, 2.45) is 0 Å². The van der Waals surface area contributed by atoms with Crippen molar-refractivity contribution in [3.05, 3.63) is 35.6 Å². The number of benzene rings is 1. The molecule has 1 saturated heterocycles. The van der Waals surface area contributed by atoms with Crippen LogP contribution in [0.3, 0.4) is 0 Å². The maximum atomic E-state index is 14.0. The van der Waals surface area contributed by atoms with Crippen molar-refractivity contribution in [1.82, 2.24) is 4.72 Å². The third-order valence-electron chi connectivity index (χ3n) is 3.80. The van der Waals surface area contributed by atoms with Gasteiger partial charge in [-0.2, -0.15) is 13.1 Å². The fourth-order valence-corrected chi connectivity index (χ4v) is 2.94. The third-order valence-corrected chi connectivity index (χ3v) is 4.33. The molecule has 1 aromatic rings. The minimum atomic E-state index is -4.36. The lowest BCUT2D eigenvalue weighted by Gasteiger charge is -2.25. The fraction of sp³-hybridized carbons (Fsp3) is 0.571. The third kappa shape index (κ3) is 3.82. The summed E-state index contributed by atoms with van der Waals surface area (Å²) >= 11 is 0. The van der Waals surface area contributed by atoms with Crippen LogP contribution < -0.4 is 4.72 Å². The van der Waals surface area contributed by atoms with Gasteiger partial charge >= 0.3 is 10.3 Å². The summed E-state index contributed by atoms with van der Waals surface area (Å²) in [6.07, 6.45) is -0.415.